The third-order valence-corrected chi connectivity index (χ3v) is 5.39. The average molecular weight is 310 g/mol. The molecule has 1 aliphatic rings. The van der Waals surface area contributed by atoms with Crippen LogP contribution in [0.25, 0.3) is 0 Å². The molecule has 1 unspecified atom stereocenters. The summed E-state index contributed by atoms with van der Waals surface area (Å²) in [6.45, 7) is 4.87. The van der Waals surface area contributed by atoms with Crippen LogP contribution < -0.4 is 10.6 Å². The van der Waals surface area contributed by atoms with Crippen molar-refractivity contribution in [1.29, 1.82) is 0 Å². The fourth-order valence-corrected chi connectivity index (χ4v) is 4.14. The first-order valence-electron chi connectivity index (χ1n) is 7.27. The number of carbonyl (C=O) groups is 1. The van der Waals surface area contributed by atoms with E-state index < -0.39 is 9.84 Å². The molecule has 0 radical (unpaired) electrons. The molecule has 0 spiro atoms. The van der Waals surface area contributed by atoms with Crippen LogP contribution in [-0.2, 0) is 9.84 Å². The maximum absolute atomic E-state index is 12.2. The van der Waals surface area contributed by atoms with Crippen LogP contribution in [0.2, 0.25) is 0 Å². The van der Waals surface area contributed by atoms with E-state index in [1.807, 2.05) is 19.1 Å². The van der Waals surface area contributed by atoms with Gasteiger partial charge in [-0.25, -0.2) is 8.42 Å². The fourth-order valence-electron chi connectivity index (χ4n) is 2.47. The molecule has 1 heterocycles. The SMILES string of the molecule is CCCNc1ccc(C(=O)NC2CCS(=O)(=O)C2)c(C)c1. The summed E-state index contributed by atoms with van der Waals surface area (Å²) in [7, 11) is -2.98. The zero-order valence-electron chi connectivity index (χ0n) is 12.5. The number of hydrogen-bond donors (Lipinski definition) is 2. The summed E-state index contributed by atoms with van der Waals surface area (Å²) in [6.07, 6.45) is 1.54. The van der Waals surface area contributed by atoms with Crippen LogP contribution in [0.5, 0.6) is 0 Å². The highest BCUT2D eigenvalue weighted by Crippen LogP contribution is 2.17. The first-order valence-corrected chi connectivity index (χ1v) is 9.09. The summed E-state index contributed by atoms with van der Waals surface area (Å²) in [6, 6.07) is 5.34. The second-order valence-corrected chi connectivity index (χ2v) is 7.76. The molecule has 116 valence electrons. The minimum atomic E-state index is -2.98. The molecule has 21 heavy (non-hydrogen) atoms. The number of carbonyl (C=O) groups excluding carboxylic acids is 1. The Kier molecular flexibility index (Phi) is 4.88. The van der Waals surface area contributed by atoms with Gasteiger partial charge < -0.3 is 10.6 Å². The van der Waals surface area contributed by atoms with Gasteiger partial charge in [-0.05, 0) is 43.5 Å². The number of nitrogens with one attached hydrogen (secondary N) is 2. The summed E-state index contributed by atoms with van der Waals surface area (Å²) in [5, 5.41) is 6.09. The van der Waals surface area contributed by atoms with Crippen molar-refractivity contribution in [2.75, 3.05) is 23.4 Å². The topological polar surface area (TPSA) is 75.3 Å². The molecule has 0 aromatic heterocycles. The van der Waals surface area contributed by atoms with E-state index in [2.05, 4.69) is 17.6 Å². The average Bonchev–Trinajstić information content (AvgIpc) is 2.75. The van der Waals surface area contributed by atoms with Gasteiger partial charge in [-0.1, -0.05) is 6.92 Å². The van der Waals surface area contributed by atoms with E-state index in [-0.39, 0.29) is 23.5 Å². The number of sulfone groups is 1. The molecule has 0 saturated carbocycles. The van der Waals surface area contributed by atoms with Crippen LogP contribution in [0.15, 0.2) is 18.2 Å². The van der Waals surface area contributed by atoms with Crippen molar-refractivity contribution in [2.45, 2.75) is 32.7 Å². The zero-order chi connectivity index (χ0) is 15.5. The van der Waals surface area contributed by atoms with E-state index in [0.717, 1.165) is 24.2 Å². The van der Waals surface area contributed by atoms with E-state index in [1.54, 1.807) is 6.07 Å². The van der Waals surface area contributed by atoms with Gasteiger partial charge >= 0.3 is 0 Å². The molecular weight excluding hydrogens is 288 g/mol. The molecule has 1 saturated heterocycles. The number of aryl methyl sites for hydroxylation is 1. The van der Waals surface area contributed by atoms with Crippen LogP contribution >= 0.6 is 0 Å². The van der Waals surface area contributed by atoms with Crippen molar-refractivity contribution >= 4 is 21.4 Å². The highest BCUT2D eigenvalue weighted by Gasteiger charge is 2.29. The molecule has 6 heteroatoms. The molecule has 1 atom stereocenters. The second-order valence-electron chi connectivity index (χ2n) is 5.53. The molecule has 1 amide bonds. The summed E-state index contributed by atoms with van der Waals surface area (Å²) in [4.78, 5) is 12.2. The summed E-state index contributed by atoms with van der Waals surface area (Å²) >= 11 is 0. The maximum atomic E-state index is 12.2. The maximum Gasteiger partial charge on any atom is 0.251 e. The summed E-state index contributed by atoms with van der Waals surface area (Å²) in [5.41, 5.74) is 2.48. The Bertz CT molecular complexity index is 626. The predicted molar refractivity (Wildman–Crippen MR) is 84.5 cm³/mol. The quantitative estimate of drug-likeness (QED) is 0.868. The normalized spacial score (nSPS) is 20.2. The van der Waals surface area contributed by atoms with E-state index in [4.69, 9.17) is 0 Å². The van der Waals surface area contributed by atoms with E-state index in [9.17, 15) is 13.2 Å². The smallest absolute Gasteiger partial charge is 0.251 e. The molecule has 1 fully saturated rings. The molecule has 0 aliphatic carbocycles. The number of anilines is 1. The van der Waals surface area contributed by atoms with Crippen LogP contribution in [0.3, 0.4) is 0 Å². The second kappa shape index (κ2) is 6.47. The molecule has 1 aliphatic heterocycles. The number of benzene rings is 1. The van der Waals surface area contributed by atoms with Gasteiger partial charge in [-0.2, -0.15) is 0 Å². The van der Waals surface area contributed by atoms with Crippen LogP contribution in [0, 0.1) is 6.92 Å². The Morgan fingerprint density at radius 3 is 2.71 bits per heavy atom. The number of hydrogen-bond acceptors (Lipinski definition) is 4. The van der Waals surface area contributed by atoms with E-state index in [1.165, 1.54) is 0 Å². The Labute approximate surface area is 126 Å². The minimum absolute atomic E-state index is 0.0495. The molecule has 1 aromatic rings. The van der Waals surface area contributed by atoms with Crippen LogP contribution in [0.4, 0.5) is 5.69 Å². The van der Waals surface area contributed by atoms with Gasteiger partial charge in [0.25, 0.3) is 5.91 Å². The highest BCUT2D eigenvalue weighted by molar-refractivity contribution is 7.91. The molecular formula is C15H22N2O3S. The third kappa shape index (κ3) is 4.20. The predicted octanol–water partition coefficient (Wildman–Crippen LogP) is 1.73. The standard InChI is InChI=1S/C15H22N2O3S/c1-3-7-16-12-4-5-14(11(2)9-12)15(18)17-13-6-8-21(19,20)10-13/h4-5,9,13,16H,3,6-8,10H2,1-2H3,(H,17,18). The number of rotatable bonds is 5. The Hall–Kier alpha value is -1.56. The van der Waals surface area contributed by atoms with Crippen molar-refractivity contribution < 1.29 is 13.2 Å². The molecule has 1 aromatic carbocycles. The molecule has 5 nitrogen and oxygen atoms in total. The molecule has 2 N–H and O–H groups in total. The van der Waals surface area contributed by atoms with Gasteiger partial charge in [0.2, 0.25) is 0 Å². The van der Waals surface area contributed by atoms with Crippen molar-refractivity contribution in [1.82, 2.24) is 5.32 Å². The van der Waals surface area contributed by atoms with Crippen LogP contribution in [-0.4, -0.2) is 38.4 Å². The van der Waals surface area contributed by atoms with Gasteiger partial charge in [-0.3, -0.25) is 4.79 Å². The highest BCUT2D eigenvalue weighted by atomic mass is 32.2. The lowest BCUT2D eigenvalue weighted by Crippen LogP contribution is -2.35. The van der Waals surface area contributed by atoms with E-state index >= 15 is 0 Å². The van der Waals surface area contributed by atoms with Gasteiger partial charge in [0.15, 0.2) is 9.84 Å². The Morgan fingerprint density at radius 2 is 2.14 bits per heavy atom. The van der Waals surface area contributed by atoms with Crippen molar-refractivity contribution in [2.24, 2.45) is 0 Å². The Balaban J connectivity index is 2.02. The zero-order valence-corrected chi connectivity index (χ0v) is 13.3. The first-order chi connectivity index (χ1) is 9.91. The van der Waals surface area contributed by atoms with Gasteiger partial charge in [0, 0.05) is 23.8 Å². The monoisotopic (exact) mass is 310 g/mol. The largest absolute Gasteiger partial charge is 0.385 e. The molecule has 0 bridgehead atoms. The fraction of sp³-hybridized carbons (Fsp3) is 0.533. The van der Waals surface area contributed by atoms with E-state index in [0.29, 0.717) is 12.0 Å². The van der Waals surface area contributed by atoms with Gasteiger partial charge in [0.1, 0.15) is 0 Å². The number of amides is 1. The lowest BCUT2D eigenvalue weighted by atomic mass is 10.1. The van der Waals surface area contributed by atoms with Gasteiger partial charge in [0.05, 0.1) is 11.5 Å². The van der Waals surface area contributed by atoms with Crippen molar-refractivity contribution in [3.63, 3.8) is 0 Å². The van der Waals surface area contributed by atoms with Crippen molar-refractivity contribution in [3.8, 4) is 0 Å². The third-order valence-electron chi connectivity index (χ3n) is 3.62. The summed E-state index contributed by atoms with van der Waals surface area (Å²) in [5.74, 6) is 0.0155. The lowest BCUT2D eigenvalue weighted by Gasteiger charge is -2.13. The van der Waals surface area contributed by atoms with Crippen molar-refractivity contribution in [3.05, 3.63) is 29.3 Å². The summed E-state index contributed by atoms with van der Waals surface area (Å²) < 4.78 is 22.8. The lowest BCUT2D eigenvalue weighted by molar-refractivity contribution is 0.0940. The minimum Gasteiger partial charge on any atom is -0.385 e. The molecule has 2 rings (SSSR count). The Morgan fingerprint density at radius 1 is 1.38 bits per heavy atom. The van der Waals surface area contributed by atoms with Gasteiger partial charge in [-0.15, -0.1) is 0 Å². The van der Waals surface area contributed by atoms with Crippen LogP contribution in [0.1, 0.15) is 35.7 Å². The first kappa shape index (κ1) is 15.8.